The Kier molecular flexibility index (Phi) is 7.22. The third-order valence-electron chi connectivity index (χ3n) is 2.99. The number of amides is 2. The first-order valence-corrected chi connectivity index (χ1v) is 7.38. The summed E-state index contributed by atoms with van der Waals surface area (Å²) in [6, 6.07) is -0.765. The van der Waals surface area contributed by atoms with Crippen LogP contribution in [-0.2, 0) is 23.9 Å². The molecule has 1 saturated heterocycles. The van der Waals surface area contributed by atoms with Crippen molar-refractivity contribution >= 4 is 18.3 Å². The lowest BCUT2D eigenvalue weighted by molar-refractivity contribution is -0.163. The summed E-state index contributed by atoms with van der Waals surface area (Å²) >= 11 is 0. The SMILES string of the molecule is CC1C[C@@H](C(=O)OC(C)(C)C)N(C=O)C1=O.COC(C)(C)C. The molecule has 128 valence electrons. The monoisotopic (exact) mass is 315 g/mol. The second-order valence-electron chi connectivity index (χ2n) is 7.35. The topological polar surface area (TPSA) is 72.9 Å². The van der Waals surface area contributed by atoms with Gasteiger partial charge in [-0.05, 0) is 48.0 Å². The molecule has 0 aromatic carbocycles. The normalized spacial score (nSPS) is 22.0. The van der Waals surface area contributed by atoms with E-state index in [1.54, 1.807) is 34.8 Å². The molecule has 0 aromatic heterocycles. The van der Waals surface area contributed by atoms with Crippen LogP contribution in [0.1, 0.15) is 54.9 Å². The third-order valence-corrected chi connectivity index (χ3v) is 2.99. The highest BCUT2D eigenvalue weighted by Crippen LogP contribution is 2.25. The number of likely N-dealkylation sites (tertiary alicyclic amines) is 1. The number of nitrogens with zero attached hydrogens (tertiary/aromatic N) is 1. The number of ether oxygens (including phenoxy) is 2. The maximum Gasteiger partial charge on any atom is 0.329 e. The average Bonchev–Trinajstić information content (AvgIpc) is 2.63. The maximum absolute atomic E-state index is 11.7. The van der Waals surface area contributed by atoms with Gasteiger partial charge in [0.2, 0.25) is 12.3 Å². The molecule has 1 fully saturated rings. The largest absolute Gasteiger partial charge is 0.458 e. The molecule has 0 radical (unpaired) electrons. The van der Waals surface area contributed by atoms with Crippen LogP contribution in [0.2, 0.25) is 0 Å². The molecule has 6 heteroatoms. The van der Waals surface area contributed by atoms with Gasteiger partial charge in [0.1, 0.15) is 11.6 Å². The van der Waals surface area contributed by atoms with Crippen molar-refractivity contribution in [3.05, 3.63) is 0 Å². The highest BCUT2D eigenvalue weighted by atomic mass is 16.6. The third kappa shape index (κ3) is 7.02. The fourth-order valence-corrected chi connectivity index (χ4v) is 1.66. The zero-order valence-electron chi connectivity index (χ0n) is 14.9. The number of rotatable bonds is 2. The fraction of sp³-hybridized carbons (Fsp3) is 0.812. The quantitative estimate of drug-likeness (QED) is 0.577. The first-order valence-electron chi connectivity index (χ1n) is 7.38. The zero-order valence-corrected chi connectivity index (χ0v) is 14.9. The summed E-state index contributed by atoms with van der Waals surface area (Å²) in [7, 11) is 1.71. The van der Waals surface area contributed by atoms with Gasteiger partial charge in [-0.1, -0.05) is 6.92 Å². The lowest BCUT2D eigenvalue weighted by Crippen LogP contribution is -2.41. The van der Waals surface area contributed by atoms with Gasteiger partial charge in [-0.2, -0.15) is 0 Å². The maximum atomic E-state index is 11.7. The Morgan fingerprint density at radius 1 is 1.18 bits per heavy atom. The van der Waals surface area contributed by atoms with E-state index in [1.165, 1.54) is 0 Å². The Hall–Kier alpha value is -1.43. The number of methoxy groups -OCH3 is 1. The Morgan fingerprint density at radius 3 is 1.95 bits per heavy atom. The van der Waals surface area contributed by atoms with Crippen LogP contribution in [0.3, 0.4) is 0 Å². The summed E-state index contributed by atoms with van der Waals surface area (Å²) in [4.78, 5) is 34.9. The van der Waals surface area contributed by atoms with Crippen LogP contribution in [0.4, 0.5) is 0 Å². The summed E-state index contributed by atoms with van der Waals surface area (Å²) in [6.07, 6.45) is 0.743. The summed E-state index contributed by atoms with van der Waals surface area (Å²) in [6.45, 7) is 13.0. The van der Waals surface area contributed by atoms with Gasteiger partial charge in [0.25, 0.3) is 0 Å². The minimum atomic E-state index is -0.765. The Morgan fingerprint density at radius 2 is 1.64 bits per heavy atom. The Balaban J connectivity index is 0.000000626. The number of imide groups is 1. The molecule has 6 nitrogen and oxygen atoms in total. The van der Waals surface area contributed by atoms with Crippen LogP contribution in [0.15, 0.2) is 0 Å². The summed E-state index contributed by atoms with van der Waals surface area (Å²) in [5.41, 5.74) is -0.569. The van der Waals surface area contributed by atoms with Crippen molar-refractivity contribution < 1.29 is 23.9 Å². The molecule has 0 spiro atoms. The number of hydrogen-bond donors (Lipinski definition) is 0. The van der Waals surface area contributed by atoms with Gasteiger partial charge in [0.05, 0.1) is 5.60 Å². The lowest BCUT2D eigenvalue weighted by atomic mass is 10.1. The van der Waals surface area contributed by atoms with Crippen molar-refractivity contribution in [2.24, 2.45) is 5.92 Å². The van der Waals surface area contributed by atoms with Gasteiger partial charge < -0.3 is 9.47 Å². The van der Waals surface area contributed by atoms with Gasteiger partial charge >= 0.3 is 5.97 Å². The van der Waals surface area contributed by atoms with E-state index in [4.69, 9.17) is 9.47 Å². The van der Waals surface area contributed by atoms with E-state index in [0.29, 0.717) is 12.8 Å². The average molecular weight is 315 g/mol. The smallest absolute Gasteiger partial charge is 0.329 e. The minimum absolute atomic E-state index is 0.0417. The predicted octanol–water partition coefficient (Wildman–Crippen LogP) is 2.15. The summed E-state index contributed by atoms with van der Waals surface area (Å²) < 4.78 is 10.1. The molecular weight excluding hydrogens is 286 g/mol. The molecule has 2 atom stereocenters. The molecule has 0 N–H and O–H groups in total. The second-order valence-corrected chi connectivity index (χ2v) is 7.35. The molecule has 0 aliphatic carbocycles. The van der Waals surface area contributed by atoms with E-state index in [0.717, 1.165) is 4.90 Å². The van der Waals surface area contributed by atoms with E-state index >= 15 is 0 Å². The van der Waals surface area contributed by atoms with Crippen molar-refractivity contribution in [1.82, 2.24) is 4.90 Å². The van der Waals surface area contributed by atoms with Crippen molar-refractivity contribution in [1.29, 1.82) is 0 Å². The molecule has 0 bridgehead atoms. The molecule has 22 heavy (non-hydrogen) atoms. The van der Waals surface area contributed by atoms with E-state index in [9.17, 15) is 14.4 Å². The van der Waals surface area contributed by atoms with Gasteiger partial charge in [-0.25, -0.2) is 4.79 Å². The van der Waals surface area contributed by atoms with Crippen LogP contribution in [-0.4, -0.2) is 47.5 Å². The second kappa shape index (κ2) is 7.72. The first-order chi connectivity index (χ1) is 9.82. The van der Waals surface area contributed by atoms with Gasteiger partial charge in [0, 0.05) is 13.0 Å². The Bertz CT molecular complexity index is 406. The Labute approximate surface area is 133 Å². The number of hydrogen-bond acceptors (Lipinski definition) is 5. The molecule has 0 aromatic rings. The van der Waals surface area contributed by atoms with Crippen molar-refractivity contribution in [3.63, 3.8) is 0 Å². The molecule has 1 unspecified atom stereocenters. The first kappa shape index (κ1) is 20.6. The lowest BCUT2D eigenvalue weighted by Gasteiger charge is -2.24. The number of carbonyl (C=O) groups excluding carboxylic acids is 3. The summed E-state index contributed by atoms with van der Waals surface area (Å²) in [5, 5.41) is 0. The van der Waals surface area contributed by atoms with E-state index in [-0.39, 0.29) is 17.4 Å². The van der Waals surface area contributed by atoms with Gasteiger partial charge in [-0.15, -0.1) is 0 Å². The van der Waals surface area contributed by atoms with Crippen molar-refractivity contribution in [2.45, 2.75) is 72.1 Å². The molecule has 1 heterocycles. The van der Waals surface area contributed by atoms with E-state index < -0.39 is 17.6 Å². The van der Waals surface area contributed by atoms with Crippen molar-refractivity contribution in [2.75, 3.05) is 7.11 Å². The van der Waals surface area contributed by atoms with E-state index in [2.05, 4.69) is 0 Å². The molecular formula is C16H29NO5. The van der Waals surface area contributed by atoms with Crippen LogP contribution < -0.4 is 0 Å². The molecule has 2 amide bonds. The molecule has 1 aliphatic rings. The van der Waals surface area contributed by atoms with Crippen LogP contribution in [0.5, 0.6) is 0 Å². The highest BCUT2D eigenvalue weighted by molar-refractivity contribution is 5.96. The molecule has 1 rings (SSSR count). The standard InChI is InChI=1S/C11H17NO4.C5H12O/c1-7-5-8(12(6-13)9(7)14)10(15)16-11(2,3)4;1-5(2,3)6-4/h6-8H,5H2,1-4H3;1-4H3/t7?,8-;/m0./s1. The van der Waals surface area contributed by atoms with E-state index in [1.807, 2.05) is 20.8 Å². The number of esters is 1. The minimum Gasteiger partial charge on any atom is -0.458 e. The fourth-order valence-electron chi connectivity index (χ4n) is 1.66. The van der Waals surface area contributed by atoms with Crippen LogP contribution in [0.25, 0.3) is 0 Å². The predicted molar refractivity (Wildman–Crippen MR) is 83.1 cm³/mol. The number of carbonyl (C=O) groups is 3. The van der Waals surface area contributed by atoms with Gasteiger partial charge in [-0.3, -0.25) is 14.5 Å². The molecule has 0 saturated carbocycles. The summed E-state index contributed by atoms with van der Waals surface area (Å²) in [5.74, 6) is -1.13. The highest BCUT2D eigenvalue weighted by Gasteiger charge is 2.42. The molecule has 1 aliphatic heterocycles. The van der Waals surface area contributed by atoms with Crippen molar-refractivity contribution in [3.8, 4) is 0 Å². The van der Waals surface area contributed by atoms with Crippen LogP contribution >= 0.6 is 0 Å². The van der Waals surface area contributed by atoms with Gasteiger partial charge in [0.15, 0.2) is 0 Å². The zero-order chi connectivity index (χ0) is 17.7. The van der Waals surface area contributed by atoms with Crippen LogP contribution in [0, 0.1) is 5.92 Å².